The first-order valence-electron chi connectivity index (χ1n) is 5.85. The predicted octanol–water partition coefficient (Wildman–Crippen LogP) is 2.94. The van der Waals surface area contributed by atoms with Gasteiger partial charge in [0.1, 0.15) is 5.82 Å². The second kappa shape index (κ2) is 5.14. The van der Waals surface area contributed by atoms with Crippen LogP contribution >= 0.6 is 0 Å². The van der Waals surface area contributed by atoms with Crippen molar-refractivity contribution in [2.45, 2.75) is 25.6 Å². The van der Waals surface area contributed by atoms with Gasteiger partial charge in [-0.05, 0) is 25.5 Å². The lowest BCUT2D eigenvalue weighted by Crippen LogP contribution is -2.21. The van der Waals surface area contributed by atoms with Gasteiger partial charge in [-0.1, -0.05) is 0 Å². The fraction of sp³-hybridized carbons (Fsp3) is 0.583. The summed E-state index contributed by atoms with van der Waals surface area (Å²) in [6, 6.07) is 1.99. The molecular weight excluding hydrogens is 245 g/mol. The summed E-state index contributed by atoms with van der Waals surface area (Å²) in [6.45, 7) is 3.26. The molecule has 0 radical (unpaired) electrons. The zero-order valence-electron chi connectivity index (χ0n) is 10.00. The third-order valence-electron chi connectivity index (χ3n) is 3.17. The van der Waals surface area contributed by atoms with Crippen LogP contribution < -0.4 is 5.32 Å². The molecule has 2 rings (SSSR count). The van der Waals surface area contributed by atoms with Gasteiger partial charge in [0.25, 0.3) is 0 Å². The van der Waals surface area contributed by atoms with Crippen molar-refractivity contribution in [1.29, 1.82) is 0 Å². The molecule has 1 aliphatic rings. The fourth-order valence-corrected chi connectivity index (χ4v) is 1.98. The lowest BCUT2D eigenvalue weighted by molar-refractivity contribution is -0.137. The summed E-state index contributed by atoms with van der Waals surface area (Å²) in [7, 11) is 0. The number of hydrogen-bond acceptors (Lipinski definition) is 3. The molecule has 2 atom stereocenters. The van der Waals surface area contributed by atoms with E-state index in [0.29, 0.717) is 19.1 Å². The molecule has 3 nitrogen and oxygen atoms in total. The van der Waals surface area contributed by atoms with Crippen molar-refractivity contribution in [2.75, 3.05) is 18.5 Å². The Hall–Kier alpha value is -1.30. The Morgan fingerprint density at radius 1 is 1.50 bits per heavy atom. The Bertz CT molecular complexity index is 409. The number of pyridine rings is 1. The molecule has 2 heterocycles. The summed E-state index contributed by atoms with van der Waals surface area (Å²) in [5, 5.41) is 2.94. The number of alkyl halides is 3. The number of nitrogens with zero attached hydrogens (tertiary/aromatic N) is 1. The molecule has 1 aliphatic heterocycles. The standard InChI is InChI=1S/C12H15F3N2O/c1-8-9(3-5-18-8)7-17-11-6-10(2-4-16-11)12(13,14)15/h2,4,6,8-9H,3,5,7H2,1H3,(H,16,17). The number of hydrogen-bond donors (Lipinski definition) is 1. The Labute approximate surface area is 103 Å². The molecule has 0 aromatic carbocycles. The van der Waals surface area contributed by atoms with Crippen molar-refractivity contribution in [2.24, 2.45) is 5.92 Å². The molecular formula is C12H15F3N2O. The molecule has 2 unspecified atom stereocenters. The van der Waals surface area contributed by atoms with Crippen molar-refractivity contribution < 1.29 is 17.9 Å². The monoisotopic (exact) mass is 260 g/mol. The minimum Gasteiger partial charge on any atom is -0.378 e. The van der Waals surface area contributed by atoms with Gasteiger partial charge in [-0.2, -0.15) is 13.2 Å². The molecule has 1 aromatic rings. The first-order chi connectivity index (χ1) is 8.47. The molecule has 6 heteroatoms. The average Bonchev–Trinajstić information content (AvgIpc) is 2.72. The van der Waals surface area contributed by atoms with Gasteiger partial charge >= 0.3 is 6.18 Å². The maximum Gasteiger partial charge on any atom is 0.416 e. The minimum atomic E-state index is -4.33. The first-order valence-corrected chi connectivity index (χ1v) is 5.85. The summed E-state index contributed by atoms with van der Waals surface area (Å²) >= 11 is 0. The third kappa shape index (κ3) is 3.13. The fourth-order valence-electron chi connectivity index (χ4n) is 1.98. The van der Waals surface area contributed by atoms with Gasteiger partial charge in [0.15, 0.2) is 0 Å². The van der Waals surface area contributed by atoms with Crippen LogP contribution in [0.4, 0.5) is 19.0 Å². The second-order valence-corrected chi connectivity index (χ2v) is 4.43. The average molecular weight is 260 g/mol. The number of nitrogens with one attached hydrogen (secondary N) is 1. The molecule has 1 N–H and O–H groups in total. The maximum atomic E-state index is 12.5. The molecule has 100 valence electrons. The maximum absolute atomic E-state index is 12.5. The van der Waals surface area contributed by atoms with Crippen LogP contribution in [0.15, 0.2) is 18.3 Å². The summed E-state index contributed by atoms with van der Waals surface area (Å²) in [5.74, 6) is 0.574. The molecule has 0 aliphatic carbocycles. The van der Waals surface area contributed by atoms with Crippen molar-refractivity contribution in [3.63, 3.8) is 0 Å². The highest BCUT2D eigenvalue weighted by molar-refractivity contribution is 5.38. The van der Waals surface area contributed by atoms with Crippen molar-refractivity contribution in [3.05, 3.63) is 23.9 Å². The summed E-state index contributed by atoms with van der Waals surface area (Å²) in [4.78, 5) is 3.89. The molecule has 18 heavy (non-hydrogen) atoms. The van der Waals surface area contributed by atoms with E-state index in [4.69, 9.17) is 4.74 Å². The van der Waals surface area contributed by atoms with Crippen molar-refractivity contribution in [3.8, 4) is 0 Å². The van der Waals surface area contributed by atoms with Crippen LogP contribution in [0.1, 0.15) is 18.9 Å². The largest absolute Gasteiger partial charge is 0.416 e. The number of halogens is 3. The van der Waals surface area contributed by atoms with Crippen LogP contribution in [0.25, 0.3) is 0 Å². The minimum absolute atomic E-state index is 0.142. The molecule has 0 saturated carbocycles. The topological polar surface area (TPSA) is 34.1 Å². The first kappa shape index (κ1) is 13.1. The molecule has 1 aromatic heterocycles. The molecule has 1 fully saturated rings. The smallest absolute Gasteiger partial charge is 0.378 e. The van der Waals surface area contributed by atoms with Gasteiger partial charge in [-0.25, -0.2) is 4.98 Å². The quantitative estimate of drug-likeness (QED) is 0.907. The van der Waals surface area contributed by atoms with Gasteiger partial charge in [0, 0.05) is 25.3 Å². The number of ether oxygens (including phenoxy) is 1. The number of aromatic nitrogens is 1. The van der Waals surface area contributed by atoms with E-state index in [1.807, 2.05) is 6.92 Å². The van der Waals surface area contributed by atoms with Gasteiger partial charge < -0.3 is 10.1 Å². The van der Waals surface area contributed by atoms with Crippen LogP contribution in [-0.2, 0) is 10.9 Å². The van der Waals surface area contributed by atoms with E-state index in [2.05, 4.69) is 10.3 Å². The van der Waals surface area contributed by atoms with E-state index in [9.17, 15) is 13.2 Å². The van der Waals surface area contributed by atoms with E-state index in [0.717, 1.165) is 18.6 Å². The Kier molecular flexibility index (Phi) is 3.75. The molecule has 0 amide bonds. The highest BCUT2D eigenvalue weighted by Gasteiger charge is 2.31. The van der Waals surface area contributed by atoms with Gasteiger partial charge in [0.05, 0.1) is 11.7 Å². The third-order valence-corrected chi connectivity index (χ3v) is 3.17. The Morgan fingerprint density at radius 2 is 2.28 bits per heavy atom. The van der Waals surface area contributed by atoms with Gasteiger partial charge in [-0.3, -0.25) is 0 Å². The summed E-state index contributed by atoms with van der Waals surface area (Å²) in [6.07, 6.45) is -2.10. The van der Waals surface area contributed by atoms with Gasteiger partial charge in [-0.15, -0.1) is 0 Å². The van der Waals surface area contributed by atoms with Crippen LogP contribution in [0.5, 0.6) is 0 Å². The van der Waals surface area contributed by atoms with Crippen LogP contribution in [0, 0.1) is 5.92 Å². The normalized spacial score (nSPS) is 24.2. The SMILES string of the molecule is CC1OCCC1CNc1cc(C(F)(F)F)ccn1. The molecule has 0 bridgehead atoms. The van der Waals surface area contributed by atoms with Crippen LogP contribution in [0.3, 0.4) is 0 Å². The van der Waals surface area contributed by atoms with E-state index in [-0.39, 0.29) is 11.9 Å². The summed E-state index contributed by atoms with van der Waals surface area (Å²) < 4.78 is 42.9. The van der Waals surface area contributed by atoms with Crippen molar-refractivity contribution >= 4 is 5.82 Å². The zero-order valence-corrected chi connectivity index (χ0v) is 10.00. The Morgan fingerprint density at radius 3 is 2.89 bits per heavy atom. The molecule has 0 spiro atoms. The van der Waals surface area contributed by atoms with Crippen LogP contribution in [-0.4, -0.2) is 24.2 Å². The Balaban J connectivity index is 1.97. The lowest BCUT2D eigenvalue weighted by atomic mass is 10.0. The molecule has 1 saturated heterocycles. The second-order valence-electron chi connectivity index (χ2n) is 4.43. The van der Waals surface area contributed by atoms with E-state index in [1.54, 1.807) is 0 Å². The zero-order chi connectivity index (χ0) is 13.2. The summed E-state index contributed by atoms with van der Waals surface area (Å²) in [5.41, 5.74) is -0.685. The van der Waals surface area contributed by atoms with E-state index < -0.39 is 11.7 Å². The van der Waals surface area contributed by atoms with Crippen LogP contribution in [0.2, 0.25) is 0 Å². The lowest BCUT2D eigenvalue weighted by Gasteiger charge is -2.15. The highest BCUT2D eigenvalue weighted by Crippen LogP contribution is 2.30. The van der Waals surface area contributed by atoms with E-state index >= 15 is 0 Å². The number of rotatable bonds is 3. The van der Waals surface area contributed by atoms with Gasteiger partial charge in [0.2, 0.25) is 0 Å². The van der Waals surface area contributed by atoms with Crippen molar-refractivity contribution in [1.82, 2.24) is 4.98 Å². The highest BCUT2D eigenvalue weighted by atomic mass is 19.4. The number of anilines is 1. The predicted molar refractivity (Wildman–Crippen MR) is 61.2 cm³/mol. The van der Waals surface area contributed by atoms with E-state index in [1.165, 1.54) is 6.20 Å².